The molecule has 2 aromatic carbocycles. The van der Waals surface area contributed by atoms with Crippen LogP contribution in [0, 0.1) is 0 Å². The maximum atomic E-state index is 11.3. The minimum atomic E-state index is -0.205. The second-order valence-electron chi connectivity index (χ2n) is 4.62. The third-order valence-electron chi connectivity index (χ3n) is 3.03. The van der Waals surface area contributed by atoms with Crippen molar-refractivity contribution in [2.45, 2.75) is 19.8 Å². The number of nitrogens with one attached hydrogen (secondary N) is 1. The minimum Gasteiger partial charge on any atom is -0.494 e. The topological polar surface area (TPSA) is 38.3 Å². The van der Waals surface area contributed by atoms with Gasteiger partial charge in [0, 0.05) is 5.69 Å². The molecule has 104 valence electrons. The molecule has 20 heavy (non-hydrogen) atoms. The Balaban J connectivity index is 2.16. The van der Waals surface area contributed by atoms with E-state index in [1.165, 1.54) is 6.08 Å². The molecular weight excluding hydrogens is 250 g/mol. The number of carbonyl (C=O) groups excluding carboxylic acids is 1. The number of hydrogen-bond donors (Lipinski definition) is 1. The van der Waals surface area contributed by atoms with Crippen molar-refractivity contribution < 1.29 is 9.53 Å². The van der Waals surface area contributed by atoms with Crippen molar-refractivity contribution in [1.82, 2.24) is 0 Å². The lowest BCUT2D eigenvalue weighted by Gasteiger charge is -2.08. The van der Waals surface area contributed by atoms with Gasteiger partial charge in [-0.15, -0.1) is 0 Å². The van der Waals surface area contributed by atoms with E-state index in [0.29, 0.717) is 0 Å². The molecule has 0 aliphatic carbocycles. The summed E-state index contributed by atoms with van der Waals surface area (Å²) in [4.78, 5) is 11.3. The first kappa shape index (κ1) is 14.1. The van der Waals surface area contributed by atoms with Crippen LogP contribution in [0.1, 0.15) is 19.8 Å². The van der Waals surface area contributed by atoms with Crippen LogP contribution in [-0.2, 0) is 4.79 Å². The van der Waals surface area contributed by atoms with Gasteiger partial charge in [0.2, 0.25) is 5.91 Å². The highest BCUT2D eigenvalue weighted by molar-refractivity contribution is 6.00. The van der Waals surface area contributed by atoms with Gasteiger partial charge in [0.05, 0.1) is 6.61 Å². The standard InChI is InChI=1S/C17H19NO2/c1-3-5-10-20-16-9-7-13-11-15(18-17(19)4-2)8-6-14(13)12-16/h4,6-9,11-12H,2-3,5,10H2,1H3,(H,18,19). The summed E-state index contributed by atoms with van der Waals surface area (Å²) in [6, 6.07) is 11.8. The molecule has 0 unspecified atom stereocenters. The minimum absolute atomic E-state index is 0.205. The van der Waals surface area contributed by atoms with Crippen LogP contribution in [0.15, 0.2) is 49.1 Å². The number of rotatable bonds is 6. The van der Waals surface area contributed by atoms with Gasteiger partial charge in [0.1, 0.15) is 5.75 Å². The predicted octanol–water partition coefficient (Wildman–Crippen LogP) is 4.14. The largest absolute Gasteiger partial charge is 0.494 e. The van der Waals surface area contributed by atoms with E-state index in [0.717, 1.165) is 41.7 Å². The van der Waals surface area contributed by atoms with Crippen molar-refractivity contribution in [3.63, 3.8) is 0 Å². The maximum absolute atomic E-state index is 11.3. The van der Waals surface area contributed by atoms with Gasteiger partial charge in [0.15, 0.2) is 0 Å². The molecule has 2 rings (SSSR count). The maximum Gasteiger partial charge on any atom is 0.247 e. The van der Waals surface area contributed by atoms with E-state index in [4.69, 9.17) is 4.74 Å². The monoisotopic (exact) mass is 269 g/mol. The van der Waals surface area contributed by atoms with Crippen molar-refractivity contribution in [1.29, 1.82) is 0 Å². The summed E-state index contributed by atoms with van der Waals surface area (Å²) in [6.45, 7) is 6.32. The van der Waals surface area contributed by atoms with E-state index in [9.17, 15) is 4.79 Å². The van der Waals surface area contributed by atoms with E-state index in [-0.39, 0.29) is 5.91 Å². The van der Waals surface area contributed by atoms with Crippen LogP contribution in [0.25, 0.3) is 10.8 Å². The van der Waals surface area contributed by atoms with Crippen LogP contribution in [0.4, 0.5) is 5.69 Å². The number of fused-ring (bicyclic) bond motifs is 1. The molecule has 0 heterocycles. The molecule has 0 saturated heterocycles. The molecule has 0 bridgehead atoms. The lowest BCUT2D eigenvalue weighted by Crippen LogP contribution is -2.06. The summed E-state index contributed by atoms with van der Waals surface area (Å²) in [5.74, 6) is 0.678. The first-order valence-electron chi connectivity index (χ1n) is 6.83. The fraction of sp³-hybridized carbons (Fsp3) is 0.235. The molecule has 0 saturated carbocycles. The smallest absolute Gasteiger partial charge is 0.247 e. The number of amides is 1. The Bertz CT molecular complexity index is 619. The first-order chi connectivity index (χ1) is 9.72. The highest BCUT2D eigenvalue weighted by Gasteiger charge is 2.01. The average molecular weight is 269 g/mol. The lowest BCUT2D eigenvalue weighted by atomic mass is 10.1. The molecule has 1 amide bonds. The molecule has 0 aliphatic heterocycles. The molecule has 1 N–H and O–H groups in total. The van der Waals surface area contributed by atoms with Gasteiger partial charge in [-0.1, -0.05) is 32.1 Å². The van der Waals surface area contributed by atoms with Gasteiger partial charge in [-0.2, -0.15) is 0 Å². The van der Waals surface area contributed by atoms with E-state index in [1.807, 2.05) is 36.4 Å². The molecule has 0 fully saturated rings. The Morgan fingerprint density at radius 3 is 2.75 bits per heavy atom. The van der Waals surface area contributed by atoms with E-state index >= 15 is 0 Å². The second-order valence-corrected chi connectivity index (χ2v) is 4.62. The van der Waals surface area contributed by atoms with Crippen LogP contribution >= 0.6 is 0 Å². The lowest BCUT2D eigenvalue weighted by molar-refractivity contribution is -0.111. The zero-order chi connectivity index (χ0) is 14.4. The second kappa shape index (κ2) is 6.75. The van der Waals surface area contributed by atoms with E-state index < -0.39 is 0 Å². The zero-order valence-electron chi connectivity index (χ0n) is 11.7. The highest BCUT2D eigenvalue weighted by Crippen LogP contribution is 2.24. The molecule has 0 radical (unpaired) electrons. The van der Waals surface area contributed by atoms with Crippen LogP contribution in [0.5, 0.6) is 5.75 Å². The summed E-state index contributed by atoms with van der Waals surface area (Å²) < 4.78 is 5.68. The van der Waals surface area contributed by atoms with Gasteiger partial charge in [-0.25, -0.2) is 0 Å². The van der Waals surface area contributed by atoms with Gasteiger partial charge in [-0.3, -0.25) is 4.79 Å². The average Bonchev–Trinajstić information content (AvgIpc) is 2.47. The third-order valence-corrected chi connectivity index (χ3v) is 3.03. The molecule has 0 aromatic heterocycles. The summed E-state index contributed by atoms with van der Waals surface area (Å²) in [7, 11) is 0. The Labute approximate surface area is 119 Å². The van der Waals surface area contributed by atoms with Crippen molar-refractivity contribution in [3.05, 3.63) is 49.1 Å². The van der Waals surface area contributed by atoms with E-state index in [2.05, 4.69) is 18.8 Å². The molecular formula is C17H19NO2. The Kier molecular flexibility index (Phi) is 4.77. The normalized spacial score (nSPS) is 10.2. The SMILES string of the molecule is C=CC(=O)Nc1ccc2cc(OCCCC)ccc2c1. The number of unbranched alkanes of at least 4 members (excludes halogenated alkanes) is 1. The summed E-state index contributed by atoms with van der Waals surface area (Å²) >= 11 is 0. The van der Waals surface area contributed by atoms with Gasteiger partial charge in [-0.05, 0) is 47.5 Å². The summed E-state index contributed by atoms with van der Waals surface area (Å²) in [5.41, 5.74) is 0.766. The third kappa shape index (κ3) is 3.60. The van der Waals surface area contributed by atoms with Crippen LogP contribution in [-0.4, -0.2) is 12.5 Å². The molecule has 2 aromatic rings. The Hall–Kier alpha value is -2.29. The highest BCUT2D eigenvalue weighted by atomic mass is 16.5. The van der Waals surface area contributed by atoms with Gasteiger partial charge in [0.25, 0.3) is 0 Å². The number of ether oxygens (including phenoxy) is 1. The number of carbonyl (C=O) groups is 1. The Morgan fingerprint density at radius 2 is 2.00 bits per heavy atom. The van der Waals surface area contributed by atoms with Crippen LogP contribution < -0.4 is 10.1 Å². The van der Waals surface area contributed by atoms with Crippen molar-refractivity contribution in [3.8, 4) is 5.75 Å². The van der Waals surface area contributed by atoms with Crippen molar-refractivity contribution in [2.24, 2.45) is 0 Å². The number of hydrogen-bond acceptors (Lipinski definition) is 2. The van der Waals surface area contributed by atoms with Gasteiger partial charge < -0.3 is 10.1 Å². The number of benzene rings is 2. The molecule has 3 nitrogen and oxygen atoms in total. The van der Waals surface area contributed by atoms with Crippen molar-refractivity contribution >= 4 is 22.4 Å². The Morgan fingerprint density at radius 1 is 1.25 bits per heavy atom. The predicted molar refractivity (Wildman–Crippen MR) is 83.2 cm³/mol. The fourth-order valence-corrected chi connectivity index (χ4v) is 1.92. The molecule has 0 atom stereocenters. The van der Waals surface area contributed by atoms with Crippen molar-refractivity contribution in [2.75, 3.05) is 11.9 Å². The van der Waals surface area contributed by atoms with Gasteiger partial charge >= 0.3 is 0 Å². The summed E-state index contributed by atoms with van der Waals surface area (Å²) in [6.07, 6.45) is 3.44. The van der Waals surface area contributed by atoms with E-state index in [1.54, 1.807) is 0 Å². The van der Waals surface area contributed by atoms with Crippen LogP contribution in [0.2, 0.25) is 0 Å². The van der Waals surface area contributed by atoms with Crippen LogP contribution in [0.3, 0.4) is 0 Å². The molecule has 3 heteroatoms. The summed E-state index contributed by atoms with van der Waals surface area (Å²) in [5, 5.41) is 4.91. The molecule has 0 aliphatic rings. The number of anilines is 1. The zero-order valence-corrected chi connectivity index (χ0v) is 11.7. The molecule has 0 spiro atoms. The fourth-order valence-electron chi connectivity index (χ4n) is 1.92. The quantitative estimate of drug-likeness (QED) is 0.632. The first-order valence-corrected chi connectivity index (χ1v) is 6.83.